The molecule has 0 spiro atoms. The summed E-state index contributed by atoms with van der Waals surface area (Å²) in [7, 11) is 0. The van der Waals surface area contributed by atoms with Crippen LogP contribution < -0.4 is 11.1 Å². The molecule has 4 nitrogen and oxygen atoms in total. The van der Waals surface area contributed by atoms with Crippen LogP contribution in [0.1, 0.15) is 18.5 Å². The first kappa shape index (κ1) is 14.1. The second kappa shape index (κ2) is 6.26. The minimum Gasteiger partial charge on any atom is -0.399 e. The van der Waals surface area contributed by atoms with E-state index in [0.29, 0.717) is 0 Å². The quantitative estimate of drug-likeness (QED) is 0.715. The Labute approximate surface area is 130 Å². The number of rotatable bonds is 4. The predicted octanol–water partition coefficient (Wildman–Crippen LogP) is 3.90. The summed E-state index contributed by atoms with van der Waals surface area (Å²) in [6.07, 6.45) is 3.49. The molecule has 0 amide bonds. The van der Waals surface area contributed by atoms with Crippen molar-refractivity contribution >= 4 is 11.5 Å². The van der Waals surface area contributed by atoms with E-state index in [0.717, 1.165) is 22.8 Å². The van der Waals surface area contributed by atoms with Crippen molar-refractivity contribution in [2.75, 3.05) is 11.1 Å². The number of nitrogen functional groups attached to an aromatic ring is 1. The van der Waals surface area contributed by atoms with Crippen LogP contribution in [0.5, 0.6) is 0 Å². The SMILES string of the molecule is CC(Nc1cncc(-c2ccc(N)cc2)n1)c1ccccc1. The Morgan fingerprint density at radius 2 is 1.68 bits per heavy atom. The van der Waals surface area contributed by atoms with Gasteiger partial charge in [-0.1, -0.05) is 42.5 Å². The van der Waals surface area contributed by atoms with Crippen molar-refractivity contribution in [2.45, 2.75) is 13.0 Å². The van der Waals surface area contributed by atoms with E-state index in [1.165, 1.54) is 5.56 Å². The van der Waals surface area contributed by atoms with Gasteiger partial charge in [0.05, 0.1) is 18.1 Å². The molecule has 1 unspecified atom stereocenters. The van der Waals surface area contributed by atoms with Gasteiger partial charge in [0.1, 0.15) is 5.82 Å². The third-order valence-electron chi connectivity index (χ3n) is 3.50. The molecule has 0 radical (unpaired) electrons. The summed E-state index contributed by atoms with van der Waals surface area (Å²) in [5.41, 5.74) is 9.49. The maximum atomic E-state index is 5.72. The number of hydrogen-bond donors (Lipinski definition) is 2. The van der Waals surface area contributed by atoms with Gasteiger partial charge in [0.25, 0.3) is 0 Å². The molecule has 3 N–H and O–H groups in total. The number of anilines is 2. The number of hydrogen-bond acceptors (Lipinski definition) is 4. The third-order valence-corrected chi connectivity index (χ3v) is 3.50. The highest BCUT2D eigenvalue weighted by atomic mass is 15.0. The molecular formula is C18H18N4. The summed E-state index contributed by atoms with van der Waals surface area (Å²) in [5, 5.41) is 3.38. The van der Waals surface area contributed by atoms with Gasteiger partial charge in [-0.15, -0.1) is 0 Å². The normalized spacial score (nSPS) is 11.9. The molecule has 1 aromatic heterocycles. The van der Waals surface area contributed by atoms with Crippen molar-refractivity contribution in [1.29, 1.82) is 0 Å². The monoisotopic (exact) mass is 290 g/mol. The molecule has 3 aromatic rings. The third kappa shape index (κ3) is 3.23. The zero-order valence-corrected chi connectivity index (χ0v) is 12.4. The van der Waals surface area contributed by atoms with Crippen molar-refractivity contribution < 1.29 is 0 Å². The number of nitrogens with two attached hydrogens (primary N) is 1. The molecule has 22 heavy (non-hydrogen) atoms. The van der Waals surface area contributed by atoms with Gasteiger partial charge in [-0.25, -0.2) is 4.98 Å². The number of aromatic nitrogens is 2. The molecule has 1 heterocycles. The van der Waals surface area contributed by atoms with Crippen LogP contribution in [0, 0.1) is 0 Å². The predicted molar refractivity (Wildman–Crippen MR) is 90.4 cm³/mol. The highest BCUT2D eigenvalue weighted by Crippen LogP contribution is 2.21. The molecule has 0 aliphatic heterocycles. The lowest BCUT2D eigenvalue weighted by molar-refractivity contribution is 0.872. The van der Waals surface area contributed by atoms with Crippen LogP contribution in [0.2, 0.25) is 0 Å². The topological polar surface area (TPSA) is 63.8 Å². The van der Waals surface area contributed by atoms with Crippen molar-refractivity contribution in [3.05, 3.63) is 72.6 Å². The Kier molecular flexibility index (Phi) is 4.01. The molecule has 3 rings (SSSR count). The standard InChI is InChI=1S/C18H18N4/c1-13(14-5-3-2-4-6-14)21-18-12-20-11-17(22-18)15-7-9-16(19)10-8-15/h2-13H,19H2,1H3,(H,21,22). The largest absolute Gasteiger partial charge is 0.399 e. The van der Waals surface area contributed by atoms with E-state index in [1.54, 1.807) is 12.4 Å². The van der Waals surface area contributed by atoms with Gasteiger partial charge in [-0.3, -0.25) is 4.98 Å². The Bertz CT molecular complexity index is 739. The van der Waals surface area contributed by atoms with Gasteiger partial charge < -0.3 is 11.1 Å². The van der Waals surface area contributed by atoms with E-state index in [2.05, 4.69) is 34.3 Å². The highest BCUT2D eigenvalue weighted by molar-refractivity contribution is 5.62. The second-order valence-corrected chi connectivity index (χ2v) is 5.19. The van der Waals surface area contributed by atoms with Crippen LogP contribution in [-0.2, 0) is 0 Å². The minimum absolute atomic E-state index is 0.164. The fraction of sp³-hybridized carbons (Fsp3) is 0.111. The molecule has 0 saturated heterocycles. The van der Waals surface area contributed by atoms with Crippen LogP contribution in [0.25, 0.3) is 11.3 Å². The fourth-order valence-electron chi connectivity index (χ4n) is 2.28. The molecule has 0 saturated carbocycles. The fourth-order valence-corrected chi connectivity index (χ4v) is 2.28. The van der Waals surface area contributed by atoms with Crippen LogP contribution in [0.4, 0.5) is 11.5 Å². The van der Waals surface area contributed by atoms with E-state index in [4.69, 9.17) is 5.73 Å². The van der Waals surface area contributed by atoms with Gasteiger partial charge in [-0.05, 0) is 24.6 Å². The van der Waals surface area contributed by atoms with E-state index in [9.17, 15) is 0 Å². The summed E-state index contributed by atoms with van der Waals surface area (Å²) in [6, 6.07) is 18.0. The van der Waals surface area contributed by atoms with E-state index in [-0.39, 0.29) is 6.04 Å². The van der Waals surface area contributed by atoms with E-state index >= 15 is 0 Å². The summed E-state index contributed by atoms with van der Waals surface area (Å²) in [6.45, 7) is 2.10. The summed E-state index contributed by atoms with van der Waals surface area (Å²) >= 11 is 0. The smallest absolute Gasteiger partial charge is 0.145 e. The van der Waals surface area contributed by atoms with Crippen LogP contribution in [-0.4, -0.2) is 9.97 Å². The van der Waals surface area contributed by atoms with Crippen molar-refractivity contribution in [1.82, 2.24) is 9.97 Å². The number of nitrogens with one attached hydrogen (secondary N) is 1. The van der Waals surface area contributed by atoms with Crippen molar-refractivity contribution in [2.24, 2.45) is 0 Å². The maximum Gasteiger partial charge on any atom is 0.145 e. The zero-order chi connectivity index (χ0) is 15.4. The van der Waals surface area contributed by atoms with Crippen molar-refractivity contribution in [3.8, 4) is 11.3 Å². The van der Waals surface area contributed by atoms with Gasteiger partial charge in [0.15, 0.2) is 0 Å². The summed E-state index contributed by atoms with van der Waals surface area (Å²) < 4.78 is 0. The molecule has 0 aliphatic carbocycles. The van der Waals surface area contributed by atoms with Crippen LogP contribution in [0.3, 0.4) is 0 Å². The molecule has 0 fully saturated rings. The molecule has 1 atom stereocenters. The zero-order valence-electron chi connectivity index (χ0n) is 12.4. The molecule has 4 heteroatoms. The molecule has 110 valence electrons. The van der Waals surface area contributed by atoms with Gasteiger partial charge >= 0.3 is 0 Å². The first-order valence-corrected chi connectivity index (χ1v) is 7.22. The lowest BCUT2D eigenvalue weighted by Crippen LogP contribution is -2.08. The average molecular weight is 290 g/mol. The van der Waals surface area contributed by atoms with Crippen molar-refractivity contribution in [3.63, 3.8) is 0 Å². The average Bonchev–Trinajstić information content (AvgIpc) is 2.56. The van der Waals surface area contributed by atoms with Gasteiger partial charge in [0.2, 0.25) is 0 Å². The highest BCUT2D eigenvalue weighted by Gasteiger charge is 2.07. The minimum atomic E-state index is 0.164. The van der Waals surface area contributed by atoms with E-state index in [1.807, 2.05) is 42.5 Å². The van der Waals surface area contributed by atoms with Crippen LogP contribution in [0.15, 0.2) is 67.0 Å². The Morgan fingerprint density at radius 3 is 2.41 bits per heavy atom. The summed E-state index contributed by atoms with van der Waals surface area (Å²) in [5.74, 6) is 0.755. The number of nitrogens with zero attached hydrogens (tertiary/aromatic N) is 2. The molecule has 0 bridgehead atoms. The maximum absolute atomic E-state index is 5.72. The molecule has 2 aromatic carbocycles. The van der Waals surface area contributed by atoms with Crippen LogP contribution >= 0.6 is 0 Å². The second-order valence-electron chi connectivity index (χ2n) is 5.19. The first-order chi connectivity index (χ1) is 10.7. The van der Waals surface area contributed by atoms with Gasteiger partial charge in [0, 0.05) is 17.3 Å². The Morgan fingerprint density at radius 1 is 0.955 bits per heavy atom. The summed E-state index contributed by atoms with van der Waals surface area (Å²) in [4.78, 5) is 8.90. The number of benzene rings is 2. The Hall–Kier alpha value is -2.88. The molecular weight excluding hydrogens is 272 g/mol. The van der Waals surface area contributed by atoms with Gasteiger partial charge in [-0.2, -0.15) is 0 Å². The molecule has 0 aliphatic rings. The van der Waals surface area contributed by atoms with E-state index < -0.39 is 0 Å². The lowest BCUT2D eigenvalue weighted by Gasteiger charge is -2.15. The lowest BCUT2D eigenvalue weighted by atomic mass is 10.1. The first-order valence-electron chi connectivity index (χ1n) is 7.22. The Balaban J connectivity index is 1.81.